The molecule has 0 aliphatic carbocycles. The smallest absolute Gasteiger partial charge is 0.377 e. The summed E-state index contributed by atoms with van der Waals surface area (Å²) in [5, 5.41) is 0.555. The monoisotopic (exact) mass is 320 g/mol. The molecular weight excluding hydrogens is 311 g/mol. The van der Waals surface area contributed by atoms with Gasteiger partial charge in [0, 0.05) is 5.02 Å². The zero-order valence-electron chi connectivity index (χ0n) is 9.20. The van der Waals surface area contributed by atoms with Gasteiger partial charge in [-0.15, -0.1) is 0 Å². The van der Waals surface area contributed by atoms with Crippen LogP contribution in [0.4, 0.5) is 0 Å². The lowest BCUT2D eigenvalue weighted by Crippen LogP contribution is -2.11. The largest absolute Gasteiger partial charge is 0.500 e. The van der Waals surface area contributed by atoms with Crippen molar-refractivity contribution in [3.05, 3.63) is 39.7 Å². The molecule has 0 saturated carbocycles. The van der Waals surface area contributed by atoms with E-state index in [2.05, 4.69) is 20.7 Å². The minimum atomic E-state index is -0.631. The molecule has 1 aromatic rings. The fourth-order valence-corrected chi connectivity index (χ4v) is 1.76. The molecule has 0 aromatic heterocycles. The molecule has 6 heteroatoms. The van der Waals surface area contributed by atoms with Crippen molar-refractivity contribution in [1.82, 2.24) is 0 Å². The maximum Gasteiger partial charge on any atom is 0.377 e. The van der Waals surface area contributed by atoms with Gasteiger partial charge in [-0.1, -0.05) is 11.6 Å². The molecule has 0 aliphatic rings. The van der Waals surface area contributed by atoms with E-state index < -0.39 is 5.97 Å². The number of methoxy groups -OCH3 is 2. The third-order valence-corrected chi connectivity index (χ3v) is 2.58. The maximum atomic E-state index is 11.3. The molecule has 0 fully saturated rings. The zero-order chi connectivity index (χ0) is 12.8. The predicted molar refractivity (Wildman–Crippen MR) is 66.9 cm³/mol. The Kier molecular flexibility index (Phi) is 5.31. The molecule has 0 heterocycles. The summed E-state index contributed by atoms with van der Waals surface area (Å²) in [5.41, 5.74) is 0. The van der Waals surface area contributed by atoms with Crippen molar-refractivity contribution >= 4 is 33.5 Å². The molecule has 1 aromatic carbocycles. The highest BCUT2D eigenvalue weighted by molar-refractivity contribution is 9.10. The van der Waals surface area contributed by atoms with E-state index in [9.17, 15) is 4.79 Å². The van der Waals surface area contributed by atoms with E-state index in [0.717, 1.165) is 6.26 Å². The van der Waals surface area contributed by atoms with Crippen molar-refractivity contribution < 1.29 is 19.0 Å². The van der Waals surface area contributed by atoms with Crippen LogP contribution in [0.3, 0.4) is 0 Å². The number of hydrogen-bond donors (Lipinski definition) is 0. The van der Waals surface area contributed by atoms with E-state index in [0.29, 0.717) is 15.2 Å². The summed E-state index contributed by atoms with van der Waals surface area (Å²) in [6, 6.07) is 4.92. The second-order valence-corrected chi connectivity index (χ2v) is 4.18. The lowest BCUT2D eigenvalue weighted by atomic mass is 10.3. The van der Waals surface area contributed by atoms with E-state index in [-0.39, 0.29) is 5.76 Å². The molecule has 1 rings (SSSR count). The van der Waals surface area contributed by atoms with E-state index >= 15 is 0 Å². The normalized spacial score (nSPS) is 10.9. The minimum Gasteiger partial charge on any atom is -0.500 e. The molecule has 0 spiro atoms. The lowest BCUT2D eigenvalue weighted by Gasteiger charge is -2.09. The molecule has 0 radical (unpaired) electrons. The molecular formula is C11H10BrClO4. The van der Waals surface area contributed by atoms with E-state index in [1.807, 2.05) is 0 Å². The Labute approximate surface area is 112 Å². The standard InChI is InChI=1S/C11H10BrClO4/c1-15-6-10(11(14)16-2)17-9-4-3-7(13)5-8(9)12/h3-6H,1-2H3. The van der Waals surface area contributed by atoms with Gasteiger partial charge in [0.15, 0.2) is 0 Å². The first-order valence-corrected chi connectivity index (χ1v) is 5.69. The summed E-state index contributed by atoms with van der Waals surface area (Å²) in [5.74, 6) is -0.255. The van der Waals surface area contributed by atoms with Crippen LogP contribution >= 0.6 is 27.5 Å². The van der Waals surface area contributed by atoms with Crippen molar-refractivity contribution in [3.63, 3.8) is 0 Å². The van der Waals surface area contributed by atoms with Gasteiger partial charge in [0.25, 0.3) is 0 Å². The molecule has 17 heavy (non-hydrogen) atoms. The van der Waals surface area contributed by atoms with Gasteiger partial charge in [-0.3, -0.25) is 0 Å². The quantitative estimate of drug-likeness (QED) is 0.485. The summed E-state index contributed by atoms with van der Waals surface area (Å²) in [7, 11) is 2.66. The van der Waals surface area contributed by atoms with Crippen molar-refractivity contribution in [2.45, 2.75) is 0 Å². The maximum absolute atomic E-state index is 11.3. The van der Waals surface area contributed by atoms with E-state index in [4.69, 9.17) is 21.1 Å². The number of carbonyl (C=O) groups excluding carboxylic acids is 1. The van der Waals surface area contributed by atoms with Crippen LogP contribution < -0.4 is 4.74 Å². The highest BCUT2D eigenvalue weighted by Crippen LogP contribution is 2.29. The fraction of sp³-hybridized carbons (Fsp3) is 0.182. The average molecular weight is 322 g/mol. The first-order chi connectivity index (χ1) is 8.08. The summed E-state index contributed by atoms with van der Waals surface area (Å²) < 4.78 is 15.3. The number of hydrogen-bond acceptors (Lipinski definition) is 4. The molecule has 0 saturated heterocycles. The van der Waals surface area contributed by atoms with Crippen molar-refractivity contribution in [1.29, 1.82) is 0 Å². The van der Waals surface area contributed by atoms with Gasteiger partial charge in [-0.25, -0.2) is 4.79 Å². The van der Waals surface area contributed by atoms with Gasteiger partial charge in [0.05, 0.1) is 18.7 Å². The fourth-order valence-electron chi connectivity index (χ4n) is 0.998. The van der Waals surface area contributed by atoms with Gasteiger partial charge in [-0.2, -0.15) is 0 Å². The molecule has 0 amide bonds. The van der Waals surface area contributed by atoms with Crippen LogP contribution in [0.25, 0.3) is 0 Å². The van der Waals surface area contributed by atoms with Crippen LogP contribution in [-0.2, 0) is 14.3 Å². The van der Waals surface area contributed by atoms with Crippen LogP contribution in [-0.4, -0.2) is 20.2 Å². The molecule has 0 aliphatic heterocycles. The number of carbonyl (C=O) groups is 1. The van der Waals surface area contributed by atoms with Gasteiger partial charge in [-0.05, 0) is 34.1 Å². The van der Waals surface area contributed by atoms with Gasteiger partial charge in [0.2, 0.25) is 5.76 Å². The van der Waals surface area contributed by atoms with Crippen molar-refractivity contribution in [3.8, 4) is 5.75 Å². The zero-order valence-corrected chi connectivity index (χ0v) is 11.5. The molecule has 92 valence electrons. The Bertz CT molecular complexity index is 445. The predicted octanol–water partition coefficient (Wildman–Crippen LogP) is 3.14. The number of benzene rings is 1. The Hall–Kier alpha value is -1.20. The Morgan fingerprint density at radius 2 is 2.12 bits per heavy atom. The SMILES string of the molecule is COC=C(Oc1ccc(Cl)cc1Br)C(=O)OC. The van der Waals surface area contributed by atoms with Crippen LogP contribution in [0.5, 0.6) is 5.75 Å². The number of esters is 1. The first-order valence-electron chi connectivity index (χ1n) is 4.52. The molecule has 0 atom stereocenters. The number of halogens is 2. The van der Waals surface area contributed by atoms with Crippen LogP contribution in [0.15, 0.2) is 34.7 Å². The highest BCUT2D eigenvalue weighted by atomic mass is 79.9. The van der Waals surface area contributed by atoms with Crippen LogP contribution in [0, 0.1) is 0 Å². The third-order valence-electron chi connectivity index (χ3n) is 1.73. The Morgan fingerprint density at radius 1 is 1.41 bits per heavy atom. The van der Waals surface area contributed by atoms with Crippen molar-refractivity contribution in [2.75, 3.05) is 14.2 Å². The van der Waals surface area contributed by atoms with Gasteiger partial charge >= 0.3 is 5.97 Å². The topological polar surface area (TPSA) is 44.8 Å². The van der Waals surface area contributed by atoms with Crippen LogP contribution in [0.1, 0.15) is 0 Å². The van der Waals surface area contributed by atoms with Gasteiger partial charge in [0.1, 0.15) is 12.0 Å². The molecule has 4 nitrogen and oxygen atoms in total. The van der Waals surface area contributed by atoms with Crippen molar-refractivity contribution in [2.24, 2.45) is 0 Å². The average Bonchev–Trinajstić information content (AvgIpc) is 2.30. The minimum absolute atomic E-state index is 0.0574. The first kappa shape index (κ1) is 13.9. The summed E-state index contributed by atoms with van der Waals surface area (Å²) in [6.45, 7) is 0. The number of ether oxygens (including phenoxy) is 3. The van der Waals surface area contributed by atoms with E-state index in [1.165, 1.54) is 14.2 Å². The highest BCUT2D eigenvalue weighted by Gasteiger charge is 2.14. The van der Waals surface area contributed by atoms with E-state index in [1.54, 1.807) is 18.2 Å². The summed E-state index contributed by atoms with van der Waals surface area (Å²) in [4.78, 5) is 11.3. The Balaban J connectivity index is 2.94. The Morgan fingerprint density at radius 3 is 2.65 bits per heavy atom. The summed E-state index contributed by atoms with van der Waals surface area (Å²) >= 11 is 9.06. The van der Waals surface area contributed by atoms with Gasteiger partial charge < -0.3 is 14.2 Å². The second-order valence-electron chi connectivity index (χ2n) is 2.89. The molecule has 0 bridgehead atoms. The molecule has 0 unspecified atom stereocenters. The molecule has 0 N–H and O–H groups in total. The summed E-state index contributed by atoms with van der Waals surface area (Å²) in [6.07, 6.45) is 1.16. The number of rotatable bonds is 4. The third kappa shape index (κ3) is 3.94. The van der Waals surface area contributed by atoms with Crippen LogP contribution in [0.2, 0.25) is 5.02 Å². The lowest BCUT2D eigenvalue weighted by molar-refractivity contribution is -0.138. The second kappa shape index (κ2) is 6.51.